The van der Waals surface area contributed by atoms with Crippen molar-refractivity contribution in [1.29, 1.82) is 0 Å². The Bertz CT molecular complexity index is 583. The molecule has 1 fully saturated rings. The normalized spacial score (nSPS) is 17.7. The Balaban J connectivity index is 0.00000264. The second kappa shape index (κ2) is 7.51. The van der Waals surface area contributed by atoms with Crippen molar-refractivity contribution in [3.63, 3.8) is 0 Å². The molecule has 128 valence electrons. The smallest absolute Gasteiger partial charge is 0.406 e. The average Bonchev–Trinajstić information content (AvgIpc) is 2.78. The number of nitrogens with two attached hydrogens (primary N) is 1. The summed E-state index contributed by atoms with van der Waals surface area (Å²) in [6.07, 6.45) is -4.44. The van der Waals surface area contributed by atoms with Crippen molar-refractivity contribution < 1.29 is 27.5 Å². The van der Waals surface area contributed by atoms with Gasteiger partial charge in [0.05, 0.1) is 6.54 Å². The SMILES string of the molecule is Cl.NCC(=O)NC1CCN(c2cccc(OC(F)(F)F)c2)C1=O. The Hall–Kier alpha value is -2.00. The van der Waals surface area contributed by atoms with Gasteiger partial charge in [0.2, 0.25) is 11.8 Å². The van der Waals surface area contributed by atoms with E-state index in [9.17, 15) is 22.8 Å². The fourth-order valence-corrected chi connectivity index (χ4v) is 2.17. The number of amides is 2. The zero-order valence-corrected chi connectivity index (χ0v) is 12.6. The summed E-state index contributed by atoms with van der Waals surface area (Å²) in [5.74, 6) is -1.27. The molecule has 1 aromatic rings. The van der Waals surface area contributed by atoms with Gasteiger partial charge in [0, 0.05) is 18.3 Å². The molecule has 1 aliphatic rings. The van der Waals surface area contributed by atoms with Gasteiger partial charge in [-0.3, -0.25) is 9.59 Å². The highest BCUT2D eigenvalue weighted by molar-refractivity contribution is 6.01. The van der Waals surface area contributed by atoms with E-state index in [2.05, 4.69) is 10.1 Å². The van der Waals surface area contributed by atoms with E-state index in [1.807, 2.05) is 0 Å². The van der Waals surface area contributed by atoms with Crippen molar-refractivity contribution >= 4 is 29.9 Å². The maximum Gasteiger partial charge on any atom is 0.573 e. The first-order valence-corrected chi connectivity index (χ1v) is 6.47. The summed E-state index contributed by atoms with van der Waals surface area (Å²) in [6, 6.07) is 4.40. The van der Waals surface area contributed by atoms with E-state index in [0.29, 0.717) is 6.42 Å². The van der Waals surface area contributed by atoms with Crippen LogP contribution >= 0.6 is 12.4 Å². The van der Waals surface area contributed by atoms with Gasteiger partial charge in [0.15, 0.2) is 0 Å². The monoisotopic (exact) mass is 353 g/mol. The summed E-state index contributed by atoms with van der Waals surface area (Å²) in [5, 5.41) is 2.46. The lowest BCUT2D eigenvalue weighted by atomic mass is 10.2. The van der Waals surface area contributed by atoms with Crippen molar-refractivity contribution in [3.05, 3.63) is 24.3 Å². The third kappa shape index (κ3) is 5.00. The van der Waals surface area contributed by atoms with E-state index in [1.54, 1.807) is 0 Å². The number of benzene rings is 1. The molecule has 2 amide bonds. The molecule has 0 aromatic heterocycles. The fourth-order valence-electron chi connectivity index (χ4n) is 2.17. The van der Waals surface area contributed by atoms with Gasteiger partial charge >= 0.3 is 6.36 Å². The number of hydrogen-bond donors (Lipinski definition) is 2. The van der Waals surface area contributed by atoms with Crippen molar-refractivity contribution in [2.45, 2.75) is 18.8 Å². The molecule has 2 rings (SSSR count). The number of halogens is 4. The highest BCUT2D eigenvalue weighted by atomic mass is 35.5. The van der Waals surface area contributed by atoms with Crippen molar-refractivity contribution in [2.75, 3.05) is 18.0 Å². The molecule has 1 unspecified atom stereocenters. The number of nitrogens with zero attached hydrogens (tertiary/aromatic N) is 1. The van der Waals surface area contributed by atoms with Gasteiger partial charge in [-0.15, -0.1) is 25.6 Å². The molecule has 3 N–H and O–H groups in total. The summed E-state index contributed by atoms with van der Waals surface area (Å²) in [4.78, 5) is 24.7. The first kappa shape index (κ1) is 19.0. The summed E-state index contributed by atoms with van der Waals surface area (Å²) >= 11 is 0. The Labute approximate surface area is 136 Å². The molecule has 0 saturated carbocycles. The molecule has 1 saturated heterocycles. The van der Waals surface area contributed by atoms with Gasteiger partial charge in [-0.25, -0.2) is 0 Å². The Kier molecular flexibility index (Phi) is 6.22. The first-order valence-electron chi connectivity index (χ1n) is 6.47. The van der Waals surface area contributed by atoms with E-state index < -0.39 is 30.0 Å². The van der Waals surface area contributed by atoms with Crippen LogP contribution in [0.15, 0.2) is 24.3 Å². The minimum absolute atomic E-state index is 0. The number of carbonyl (C=O) groups is 2. The Morgan fingerprint density at radius 2 is 2.13 bits per heavy atom. The fraction of sp³-hybridized carbons (Fsp3) is 0.385. The molecule has 0 bridgehead atoms. The van der Waals surface area contributed by atoms with E-state index in [0.717, 1.165) is 12.1 Å². The number of anilines is 1. The van der Waals surface area contributed by atoms with Gasteiger partial charge in [-0.1, -0.05) is 6.07 Å². The Morgan fingerprint density at radius 3 is 2.74 bits per heavy atom. The second-order valence-corrected chi connectivity index (χ2v) is 4.65. The molecule has 1 aromatic carbocycles. The van der Waals surface area contributed by atoms with Crippen molar-refractivity contribution in [1.82, 2.24) is 5.32 Å². The van der Waals surface area contributed by atoms with Crippen LogP contribution in [-0.2, 0) is 9.59 Å². The third-order valence-corrected chi connectivity index (χ3v) is 3.09. The van der Waals surface area contributed by atoms with Crippen LogP contribution in [0.25, 0.3) is 0 Å². The molecule has 1 heterocycles. The molecule has 6 nitrogen and oxygen atoms in total. The summed E-state index contributed by atoms with van der Waals surface area (Å²) in [6.45, 7) is 0.0442. The maximum atomic E-state index is 12.2. The average molecular weight is 354 g/mol. The molecule has 1 aliphatic heterocycles. The molecule has 23 heavy (non-hydrogen) atoms. The molecule has 0 spiro atoms. The number of hydrogen-bond acceptors (Lipinski definition) is 4. The number of alkyl halides is 3. The second-order valence-electron chi connectivity index (χ2n) is 4.65. The lowest BCUT2D eigenvalue weighted by Gasteiger charge is -2.18. The highest BCUT2D eigenvalue weighted by Crippen LogP contribution is 2.28. The minimum atomic E-state index is -4.80. The predicted octanol–water partition coefficient (Wildman–Crippen LogP) is 1.19. The van der Waals surface area contributed by atoms with Crippen LogP contribution in [0.5, 0.6) is 5.75 Å². The first-order chi connectivity index (χ1) is 10.3. The highest BCUT2D eigenvalue weighted by Gasteiger charge is 2.34. The number of ether oxygens (including phenoxy) is 1. The van der Waals surface area contributed by atoms with Crippen LogP contribution in [0.3, 0.4) is 0 Å². The number of rotatable bonds is 4. The van der Waals surface area contributed by atoms with Crippen LogP contribution in [-0.4, -0.2) is 37.3 Å². The predicted molar refractivity (Wildman–Crippen MR) is 78.3 cm³/mol. The van der Waals surface area contributed by atoms with Gasteiger partial charge in [0.1, 0.15) is 11.8 Å². The van der Waals surface area contributed by atoms with Gasteiger partial charge in [-0.2, -0.15) is 0 Å². The standard InChI is InChI=1S/C13H14F3N3O3.ClH/c14-13(15,16)22-9-3-1-2-8(6-9)19-5-4-10(12(19)21)18-11(20)7-17;/h1-3,6,10H,4-5,7,17H2,(H,18,20);1H. The van der Waals surface area contributed by atoms with Crippen LogP contribution in [0.2, 0.25) is 0 Å². The number of nitrogens with one attached hydrogen (secondary N) is 1. The van der Waals surface area contributed by atoms with Crippen LogP contribution in [0.1, 0.15) is 6.42 Å². The molecular weight excluding hydrogens is 339 g/mol. The zero-order chi connectivity index (χ0) is 16.3. The van der Waals surface area contributed by atoms with Crippen molar-refractivity contribution in [3.8, 4) is 5.75 Å². The molecule has 0 aliphatic carbocycles. The van der Waals surface area contributed by atoms with Gasteiger partial charge in [0.25, 0.3) is 0 Å². The minimum Gasteiger partial charge on any atom is -0.406 e. The van der Waals surface area contributed by atoms with E-state index in [1.165, 1.54) is 17.0 Å². The maximum absolute atomic E-state index is 12.2. The van der Waals surface area contributed by atoms with Crippen LogP contribution in [0, 0.1) is 0 Å². The van der Waals surface area contributed by atoms with Gasteiger partial charge in [-0.05, 0) is 18.6 Å². The summed E-state index contributed by atoms with van der Waals surface area (Å²) in [5.41, 5.74) is 5.43. The Morgan fingerprint density at radius 1 is 1.43 bits per heavy atom. The number of carbonyl (C=O) groups excluding carboxylic acids is 2. The summed E-state index contributed by atoms with van der Waals surface area (Å²) in [7, 11) is 0. The topological polar surface area (TPSA) is 84.7 Å². The van der Waals surface area contributed by atoms with E-state index in [4.69, 9.17) is 5.73 Å². The molecular formula is C13H15ClF3N3O3. The zero-order valence-electron chi connectivity index (χ0n) is 11.8. The van der Waals surface area contributed by atoms with Gasteiger partial charge < -0.3 is 20.7 Å². The lowest BCUT2D eigenvalue weighted by molar-refractivity contribution is -0.274. The largest absolute Gasteiger partial charge is 0.573 e. The van der Waals surface area contributed by atoms with E-state index in [-0.39, 0.29) is 31.2 Å². The van der Waals surface area contributed by atoms with Crippen LogP contribution < -0.4 is 20.7 Å². The lowest BCUT2D eigenvalue weighted by Crippen LogP contribution is -2.43. The molecule has 0 radical (unpaired) electrons. The van der Waals surface area contributed by atoms with Crippen molar-refractivity contribution in [2.24, 2.45) is 5.73 Å². The molecule has 10 heteroatoms. The third-order valence-electron chi connectivity index (χ3n) is 3.09. The van der Waals surface area contributed by atoms with Crippen LogP contribution in [0.4, 0.5) is 18.9 Å². The quantitative estimate of drug-likeness (QED) is 0.851. The van der Waals surface area contributed by atoms with E-state index >= 15 is 0 Å². The molecule has 1 atom stereocenters. The summed E-state index contributed by atoms with van der Waals surface area (Å²) < 4.78 is 40.4.